The summed E-state index contributed by atoms with van der Waals surface area (Å²) in [4.78, 5) is 12.4. The highest BCUT2D eigenvalue weighted by Gasteiger charge is 2.19. The highest BCUT2D eigenvalue weighted by molar-refractivity contribution is 7.99. The van der Waals surface area contributed by atoms with E-state index in [1.165, 1.54) is 49.4 Å². The van der Waals surface area contributed by atoms with E-state index in [-0.39, 0.29) is 5.91 Å². The first kappa shape index (κ1) is 19.9. The first-order valence-corrected chi connectivity index (χ1v) is 11.0. The number of anilines is 1. The molecule has 0 spiro atoms. The van der Waals surface area contributed by atoms with Crippen LogP contribution in [-0.4, -0.2) is 26.4 Å². The summed E-state index contributed by atoms with van der Waals surface area (Å²) in [5.74, 6) is 2.14. The third kappa shape index (κ3) is 5.12. The number of benzene rings is 1. The summed E-state index contributed by atoms with van der Waals surface area (Å²) in [6.07, 6.45) is 7.66. The monoisotopic (exact) mass is 386 g/mol. The molecule has 1 aliphatic rings. The van der Waals surface area contributed by atoms with Gasteiger partial charge >= 0.3 is 0 Å². The van der Waals surface area contributed by atoms with E-state index >= 15 is 0 Å². The van der Waals surface area contributed by atoms with Crippen molar-refractivity contribution in [2.24, 2.45) is 5.92 Å². The smallest absolute Gasteiger partial charge is 0.234 e. The molecule has 6 heteroatoms. The number of thioether (sulfide) groups is 1. The average molecular weight is 387 g/mol. The van der Waals surface area contributed by atoms with Crippen molar-refractivity contribution in [1.29, 1.82) is 0 Å². The molecule has 0 saturated heterocycles. The Morgan fingerprint density at radius 1 is 1.22 bits per heavy atom. The van der Waals surface area contributed by atoms with Crippen molar-refractivity contribution in [2.75, 3.05) is 11.1 Å². The van der Waals surface area contributed by atoms with Gasteiger partial charge in [0.1, 0.15) is 5.82 Å². The van der Waals surface area contributed by atoms with E-state index in [1.807, 2.05) is 19.1 Å². The second kappa shape index (κ2) is 9.40. The minimum atomic E-state index is -0.00631. The zero-order chi connectivity index (χ0) is 19.2. The molecule has 1 N–H and O–H groups in total. The van der Waals surface area contributed by atoms with Crippen molar-refractivity contribution in [3.05, 3.63) is 35.2 Å². The van der Waals surface area contributed by atoms with Crippen LogP contribution in [0.25, 0.3) is 0 Å². The summed E-state index contributed by atoms with van der Waals surface area (Å²) < 4.78 is 2.17. The molecule has 1 fully saturated rings. The van der Waals surface area contributed by atoms with Gasteiger partial charge in [-0.3, -0.25) is 4.79 Å². The second-order valence-electron chi connectivity index (χ2n) is 7.44. The maximum absolute atomic E-state index is 12.4. The molecule has 1 heterocycles. The Bertz CT molecular complexity index is 780. The number of carbonyl (C=O) groups is 1. The van der Waals surface area contributed by atoms with Gasteiger partial charge in [0, 0.05) is 18.7 Å². The van der Waals surface area contributed by atoms with Crippen molar-refractivity contribution < 1.29 is 4.79 Å². The molecule has 27 heavy (non-hydrogen) atoms. The van der Waals surface area contributed by atoms with Crippen LogP contribution < -0.4 is 5.32 Å². The van der Waals surface area contributed by atoms with E-state index < -0.39 is 0 Å². The molecule has 146 valence electrons. The molecule has 0 radical (unpaired) electrons. The Labute approximate surface area is 166 Å². The van der Waals surface area contributed by atoms with Crippen LogP contribution in [0.3, 0.4) is 0 Å². The molecule has 1 aromatic heterocycles. The Balaban J connectivity index is 1.58. The quantitative estimate of drug-likeness (QED) is 0.697. The van der Waals surface area contributed by atoms with Crippen LogP contribution >= 0.6 is 11.8 Å². The number of hydrogen-bond acceptors (Lipinski definition) is 4. The van der Waals surface area contributed by atoms with E-state index in [0.717, 1.165) is 41.1 Å². The predicted molar refractivity (Wildman–Crippen MR) is 111 cm³/mol. The lowest BCUT2D eigenvalue weighted by Crippen LogP contribution is -2.16. The number of nitrogens with zero attached hydrogens (tertiary/aromatic N) is 3. The lowest BCUT2D eigenvalue weighted by Gasteiger charge is -2.21. The number of amides is 1. The zero-order valence-corrected chi connectivity index (χ0v) is 17.4. The van der Waals surface area contributed by atoms with Crippen LogP contribution in [0.5, 0.6) is 0 Å². The van der Waals surface area contributed by atoms with Gasteiger partial charge in [-0.1, -0.05) is 56.0 Å². The fourth-order valence-electron chi connectivity index (χ4n) is 3.75. The molecule has 5 nitrogen and oxygen atoms in total. The van der Waals surface area contributed by atoms with Crippen molar-refractivity contribution in [2.45, 2.75) is 71.0 Å². The van der Waals surface area contributed by atoms with Gasteiger partial charge in [0.2, 0.25) is 5.91 Å². The van der Waals surface area contributed by atoms with Gasteiger partial charge in [-0.15, -0.1) is 10.2 Å². The van der Waals surface area contributed by atoms with Gasteiger partial charge in [0.25, 0.3) is 0 Å². The van der Waals surface area contributed by atoms with Crippen molar-refractivity contribution in [1.82, 2.24) is 14.8 Å². The first-order valence-electron chi connectivity index (χ1n) is 9.99. The van der Waals surface area contributed by atoms with E-state index in [1.54, 1.807) is 0 Å². The Morgan fingerprint density at radius 3 is 2.74 bits per heavy atom. The minimum absolute atomic E-state index is 0.00631. The van der Waals surface area contributed by atoms with Crippen molar-refractivity contribution in [3.63, 3.8) is 0 Å². The minimum Gasteiger partial charge on any atom is -0.325 e. The van der Waals surface area contributed by atoms with E-state index in [0.29, 0.717) is 5.75 Å². The van der Waals surface area contributed by atoms with Gasteiger partial charge in [0.15, 0.2) is 5.16 Å². The summed E-state index contributed by atoms with van der Waals surface area (Å²) in [7, 11) is 0. The normalized spacial score (nSPS) is 15.1. The number of aryl methyl sites for hydroxylation is 1. The molecule has 1 saturated carbocycles. The van der Waals surface area contributed by atoms with E-state index in [4.69, 9.17) is 0 Å². The summed E-state index contributed by atoms with van der Waals surface area (Å²) in [5, 5.41) is 12.6. The van der Waals surface area contributed by atoms with Crippen LogP contribution in [0.4, 0.5) is 5.69 Å². The molecule has 3 rings (SSSR count). The van der Waals surface area contributed by atoms with E-state index in [2.05, 4.69) is 40.0 Å². The Morgan fingerprint density at radius 2 is 2.00 bits per heavy atom. The second-order valence-corrected chi connectivity index (χ2v) is 8.38. The van der Waals surface area contributed by atoms with Gasteiger partial charge in [-0.25, -0.2) is 0 Å². The van der Waals surface area contributed by atoms with E-state index in [9.17, 15) is 4.79 Å². The SMILES string of the molecule is CCn1c(CC2CCCCC2)nnc1SCC(=O)Nc1cccc(C)c1C. The maximum atomic E-state index is 12.4. The molecule has 0 aliphatic heterocycles. The summed E-state index contributed by atoms with van der Waals surface area (Å²) in [6.45, 7) is 7.05. The third-order valence-corrected chi connectivity index (χ3v) is 6.48. The third-order valence-electron chi connectivity index (χ3n) is 5.52. The molecule has 1 amide bonds. The molecule has 0 bridgehead atoms. The molecule has 2 aromatic rings. The average Bonchev–Trinajstić information content (AvgIpc) is 3.06. The van der Waals surface area contributed by atoms with Crippen LogP contribution in [0, 0.1) is 19.8 Å². The summed E-state index contributed by atoms with van der Waals surface area (Å²) in [5.41, 5.74) is 3.18. The number of hydrogen-bond donors (Lipinski definition) is 1. The fourth-order valence-corrected chi connectivity index (χ4v) is 4.57. The highest BCUT2D eigenvalue weighted by Crippen LogP contribution is 2.27. The standard InChI is InChI=1S/C21H30N4OS/c1-4-25-19(13-17-10-6-5-7-11-17)23-24-21(25)27-14-20(26)22-18-12-8-9-15(2)16(18)3/h8-9,12,17H,4-7,10-11,13-14H2,1-3H3,(H,22,26). The van der Waals surface area contributed by atoms with Crippen LogP contribution in [0.1, 0.15) is 56.0 Å². The number of carbonyl (C=O) groups excluding carboxylic acids is 1. The van der Waals surface area contributed by atoms with Gasteiger partial charge in [0.05, 0.1) is 5.75 Å². The predicted octanol–water partition coefficient (Wildman–Crippen LogP) is 4.77. The van der Waals surface area contributed by atoms with Crippen LogP contribution in [0.15, 0.2) is 23.4 Å². The lowest BCUT2D eigenvalue weighted by molar-refractivity contribution is -0.113. The summed E-state index contributed by atoms with van der Waals surface area (Å²) in [6, 6.07) is 5.97. The van der Waals surface area contributed by atoms with Crippen LogP contribution in [-0.2, 0) is 17.8 Å². The maximum Gasteiger partial charge on any atom is 0.234 e. The van der Waals surface area contributed by atoms with Gasteiger partial charge < -0.3 is 9.88 Å². The first-order chi connectivity index (χ1) is 13.1. The molecule has 1 aromatic carbocycles. The summed E-state index contributed by atoms with van der Waals surface area (Å²) >= 11 is 1.47. The Kier molecular flexibility index (Phi) is 6.94. The topological polar surface area (TPSA) is 59.8 Å². The van der Waals surface area contributed by atoms with Crippen molar-refractivity contribution >= 4 is 23.4 Å². The fraction of sp³-hybridized carbons (Fsp3) is 0.571. The van der Waals surface area contributed by atoms with Gasteiger partial charge in [-0.2, -0.15) is 0 Å². The zero-order valence-electron chi connectivity index (χ0n) is 16.6. The van der Waals surface area contributed by atoms with Crippen molar-refractivity contribution in [3.8, 4) is 0 Å². The molecular formula is C21H30N4OS. The molecular weight excluding hydrogens is 356 g/mol. The Hall–Kier alpha value is -1.82. The largest absolute Gasteiger partial charge is 0.325 e. The molecule has 1 aliphatic carbocycles. The van der Waals surface area contributed by atoms with Gasteiger partial charge in [-0.05, 0) is 43.9 Å². The van der Waals surface area contributed by atoms with Crippen LogP contribution in [0.2, 0.25) is 0 Å². The molecule has 0 unspecified atom stereocenters. The number of aromatic nitrogens is 3. The molecule has 0 atom stereocenters. The number of nitrogens with one attached hydrogen (secondary N) is 1. The number of rotatable bonds is 7. The highest BCUT2D eigenvalue weighted by atomic mass is 32.2. The lowest BCUT2D eigenvalue weighted by atomic mass is 9.87.